The largest absolute Gasteiger partial charge is 0.493 e. The minimum Gasteiger partial charge on any atom is -0.493 e. The number of nitrogens with one attached hydrogen (secondary N) is 1. The predicted molar refractivity (Wildman–Crippen MR) is 115 cm³/mol. The molecule has 8 nitrogen and oxygen atoms in total. The Morgan fingerprint density at radius 1 is 1.37 bits per heavy atom. The molecule has 1 N–H and O–H groups in total. The third kappa shape index (κ3) is 4.30. The minimum atomic E-state index is -0.0994. The first kappa shape index (κ1) is 20.3. The highest BCUT2D eigenvalue weighted by atomic mass is 32.1. The van der Waals surface area contributed by atoms with Gasteiger partial charge in [-0.1, -0.05) is 0 Å². The van der Waals surface area contributed by atoms with E-state index in [1.807, 2.05) is 18.0 Å². The van der Waals surface area contributed by atoms with Crippen molar-refractivity contribution in [2.75, 3.05) is 25.6 Å². The number of amides is 2. The monoisotopic (exact) mass is 428 g/mol. The molecule has 0 aliphatic carbocycles. The summed E-state index contributed by atoms with van der Waals surface area (Å²) in [6.07, 6.45) is 6.36. The Labute approximate surface area is 178 Å². The van der Waals surface area contributed by atoms with Gasteiger partial charge in [0.05, 0.1) is 31.0 Å². The molecule has 0 radical (unpaired) electrons. The number of carbonyl (C=O) groups excluding carboxylic acids is 2. The first-order valence-corrected chi connectivity index (χ1v) is 10.8. The van der Waals surface area contributed by atoms with Crippen LogP contribution in [0.1, 0.15) is 40.9 Å². The van der Waals surface area contributed by atoms with Gasteiger partial charge in [-0.15, -0.1) is 11.3 Å². The normalized spacial score (nSPS) is 17.3. The Balaban J connectivity index is 1.38. The second-order valence-corrected chi connectivity index (χ2v) is 8.52. The number of fused-ring (bicyclic) bond motifs is 2. The fourth-order valence-electron chi connectivity index (χ4n) is 3.63. The molecule has 1 atom stereocenters. The summed E-state index contributed by atoms with van der Waals surface area (Å²) in [6, 6.07) is 3.49. The molecule has 1 fully saturated rings. The lowest BCUT2D eigenvalue weighted by atomic mass is 10.1. The second-order valence-electron chi connectivity index (χ2n) is 7.28. The summed E-state index contributed by atoms with van der Waals surface area (Å²) in [5.74, 6) is 0.874. The molecule has 0 saturated carbocycles. The van der Waals surface area contributed by atoms with E-state index in [1.165, 1.54) is 11.3 Å². The summed E-state index contributed by atoms with van der Waals surface area (Å²) in [5.41, 5.74) is 1.11. The molecule has 9 heteroatoms. The lowest BCUT2D eigenvalue weighted by Gasteiger charge is -2.20. The molecule has 158 valence electrons. The molecule has 1 saturated heterocycles. The predicted octanol–water partition coefficient (Wildman–Crippen LogP) is 3.58. The highest BCUT2D eigenvalue weighted by Crippen LogP contribution is 2.38. The van der Waals surface area contributed by atoms with Crippen LogP contribution in [0.15, 0.2) is 23.3 Å². The molecule has 0 unspecified atom stereocenters. The fourth-order valence-corrected chi connectivity index (χ4v) is 4.31. The van der Waals surface area contributed by atoms with Gasteiger partial charge in [0.15, 0.2) is 16.6 Å². The molecule has 2 amide bonds. The Morgan fingerprint density at radius 3 is 3.00 bits per heavy atom. The fraction of sp³-hybridized carbons (Fsp3) is 0.429. The van der Waals surface area contributed by atoms with Crippen LogP contribution in [-0.4, -0.2) is 54.2 Å². The number of rotatable bonds is 7. The SMILES string of the molecule is COc1cc2c(cc1OCCCC(=O)Nc1ncc(C)s1)N=C[C@@H]1CCCN1C2=O. The number of thiazole rings is 1. The van der Waals surface area contributed by atoms with Gasteiger partial charge < -0.3 is 19.7 Å². The van der Waals surface area contributed by atoms with Gasteiger partial charge in [-0.3, -0.25) is 14.6 Å². The van der Waals surface area contributed by atoms with Crippen molar-refractivity contribution >= 4 is 40.2 Å². The number of hydrogen-bond donors (Lipinski definition) is 1. The van der Waals surface area contributed by atoms with Gasteiger partial charge in [0.25, 0.3) is 5.91 Å². The molecule has 3 heterocycles. The van der Waals surface area contributed by atoms with Crippen LogP contribution < -0.4 is 14.8 Å². The molecule has 30 heavy (non-hydrogen) atoms. The molecular weight excluding hydrogens is 404 g/mol. The van der Waals surface area contributed by atoms with E-state index < -0.39 is 0 Å². The van der Waals surface area contributed by atoms with E-state index in [0.717, 1.165) is 24.3 Å². The third-order valence-electron chi connectivity index (χ3n) is 5.13. The maximum atomic E-state index is 12.9. The van der Waals surface area contributed by atoms with E-state index in [2.05, 4.69) is 15.3 Å². The highest BCUT2D eigenvalue weighted by Gasteiger charge is 2.32. The van der Waals surface area contributed by atoms with Crippen molar-refractivity contribution in [3.8, 4) is 11.5 Å². The Bertz CT molecular complexity index is 987. The molecular formula is C21H24N4O4S. The third-order valence-corrected chi connectivity index (χ3v) is 5.96. The van der Waals surface area contributed by atoms with Crippen LogP contribution in [0.25, 0.3) is 0 Å². The Morgan fingerprint density at radius 2 is 2.23 bits per heavy atom. The smallest absolute Gasteiger partial charge is 0.256 e. The number of methoxy groups -OCH3 is 1. The summed E-state index contributed by atoms with van der Waals surface area (Å²) in [6.45, 7) is 3.03. The highest BCUT2D eigenvalue weighted by molar-refractivity contribution is 7.15. The van der Waals surface area contributed by atoms with Crippen LogP contribution in [0.3, 0.4) is 0 Å². The zero-order valence-electron chi connectivity index (χ0n) is 17.0. The summed E-state index contributed by atoms with van der Waals surface area (Å²) in [7, 11) is 1.54. The number of anilines is 1. The number of aliphatic imine (C=N–C) groups is 1. The molecule has 0 spiro atoms. The quantitative estimate of drug-likeness (QED) is 0.681. The molecule has 2 aromatic rings. The maximum Gasteiger partial charge on any atom is 0.256 e. The van der Waals surface area contributed by atoms with Crippen LogP contribution in [0.2, 0.25) is 0 Å². The number of nitrogens with zero attached hydrogens (tertiary/aromatic N) is 3. The number of hydrogen-bond acceptors (Lipinski definition) is 7. The zero-order valence-corrected chi connectivity index (χ0v) is 17.8. The van der Waals surface area contributed by atoms with Crippen molar-refractivity contribution in [3.63, 3.8) is 0 Å². The summed E-state index contributed by atoms with van der Waals surface area (Å²) in [4.78, 5) is 36.5. The van der Waals surface area contributed by atoms with Crippen molar-refractivity contribution in [3.05, 3.63) is 28.8 Å². The van der Waals surface area contributed by atoms with E-state index in [4.69, 9.17) is 9.47 Å². The lowest BCUT2D eigenvalue weighted by molar-refractivity contribution is -0.116. The molecule has 0 bridgehead atoms. The topological polar surface area (TPSA) is 93.1 Å². The van der Waals surface area contributed by atoms with E-state index in [-0.39, 0.29) is 17.9 Å². The second kappa shape index (κ2) is 8.83. The Kier molecular flexibility index (Phi) is 5.98. The van der Waals surface area contributed by atoms with Crippen molar-refractivity contribution < 1.29 is 19.1 Å². The first-order valence-electron chi connectivity index (χ1n) is 9.97. The van der Waals surface area contributed by atoms with Crippen molar-refractivity contribution in [2.45, 2.75) is 38.6 Å². The number of aryl methyl sites for hydroxylation is 1. The van der Waals surface area contributed by atoms with Gasteiger partial charge >= 0.3 is 0 Å². The molecule has 1 aromatic carbocycles. The molecule has 2 aliphatic heterocycles. The van der Waals surface area contributed by atoms with E-state index in [9.17, 15) is 9.59 Å². The lowest BCUT2D eigenvalue weighted by Crippen LogP contribution is -2.35. The van der Waals surface area contributed by atoms with Crippen molar-refractivity contribution in [2.24, 2.45) is 4.99 Å². The molecule has 1 aromatic heterocycles. The molecule has 4 rings (SSSR count). The van der Waals surface area contributed by atoms with Crippen LogP contribution in [-0.2, 0) is 4.79 Å². The van der Waals surface area contributed by atoms with E-state index in [1.54, 1.807) is 25.4 Å². The van der Waals surface area contributed by atoms with Gasteiger partial charge in [0.2, 0.25) is 5.91 Å². The van der Waals surface area contributed by atoms with Crippen molar-refractivity contribution in [1.29, 1.82) is 0 Å². The van der Waals surface area contributed by atoms with E-state index >= 15 is 0 Å². The van der Waals surface area contributed by atoms with Gasteiger partial charge in [0, 0.05) is 36.3 Å². The van der Waals surface area contributed by atoms with Crippen LogP contribution in [0.4, 0.5) is 10.8 Å². The Hall–Kier alpha value is -2.94. The summed E-state index contributed by atoms with van der Waals surface area (Å²) >= 11 is 1.44. The average Bonchev–Trinajstić information content (AvgIpc) is 3.35. The zero-order chi connectivity index (χ0) is 21.1. The maximum absolute atomic E-state index is 12.9. The van der Waals surface area contributed by atoms with Crippen molar-refractivity contribution in [1.82, 2.24) is 9.88 Å². The standard InChI is InChI=1S/C21H24N4O4S/c1-13-11-23-21(30-13)24-19(26)6-4-8-29-18-10-16-15(9-17(18)28-2)20(27)25-7-3-5-14(25)12-22-16/h9-12,14H,3-8H2,1-2H3,(H,23,24,26)/t14-/m0/s1. The average molecular weight is 429 g/mol. The summed E-state index contributed by atoms with van der Waals surface area (Å²) in [5, 5.41) is 3.39. The number of ether oxygens (including phenoxy) is 2. The van der Waals surface area contributed by atoms with E-state index in [0.29, 0.717) is 47.3 Å². The number of aromatic nitrogens is 1. The van der Waals surface area contributed by atoms with Gasteiger partial charge in [-0.05, 0) is 32.3 Å². The first-order chi connectivity index (χ1) is 14.5. The number of benzene rings is 1. The van der Waals surface area contributed by atoms with Crippen LogP contribution in [0.5, 0.6) is 11.5 Å². The summed E-state index contributed by atoms with van der Waals surface area (Å²) < 4.78 is 11.3. The minimum absolute atomic E-state index is 0.0241. The van der Waals surface area contributed by atoms with Gasteiger partial charge in [-0.2, -0.15) is 0 Å². The van der Waals surface area contributed by atoms with Crippen LogP contribution in [0, 0.1) is 6.92 Å². The number of carbonyl (C=O) groups is 2. The van der Waals surface area contributed by atoms with Gasteiger partial charge in [0.1, 0.15) is 0 Å². The molecule has 2 aliphatic rings. The van der Waals surface area contributed by atoms with Gasteiger partial charge in [-0.25, -0.2) is 4.98 Å². The van der Waals surface area contributed by atoms with Crippen LogP contribution >= 0.6 is 11.3 Å².